The van der Waals surface area contributed by atoms with Gasteiger partial charge in [0, 0.05) is 12.8 Å². The van der Waals surface area contributed by atoms with Crippen LogP contribution in [-0.2, 0) is 32.7 Å². The number of carbonyl (C=O) groups is 2. The first-order valence-electron chi connectivity index (χ1n) is 26.6. The lowest BCUT2D eigenvalue weighted by atomic mass is 10.1. The Morgan fingerprint density at radius 1 is 0.471 bits per heavy atom. The third kappa shape index (κ3) is 52.0. The zero-order valence-corrected chi connectivity index (χ0v) is 44.7. The highest BCUT2D eigenvalue weighted by Gasteiger charge is 2.21. The first-order valence-corrected chi connectivity index (χ1v) is 28.1. The molecule has 0 saturated carbocycles. The van der Waals surface area contributed by atoms with Crippen molar-refractivity contribution in [1.82, 2.24) is 0 Å². The molecular weight excluding hydrogens is 870 g/mol. The molecule has 68 heavy (non-hydrogen) atoms. The number of carbonyl (C=O) groups excluding carboxylic acids is 2. The molecule has 10 heteroatoms. The molecule has 0 heterocycles. The normalized spacial score (nSPS) is 14.3. The van der Waals surface area contributed by atoms with Gasteiger partial charge in [0.2, 0.25) is 0 Å². The molecule has 0 aromatic heterocycles. The van der Waals surface area contributed by atoms with E-state index in [-0.39, 0.29) is 26.1 Å². The minimum absolute atomic E-state index is 0.0447. The summed E-state index contributed by atoms with van der Waals surface area (Å²) in [7, 11) is 1.12. The number of likely N-dealkylation sites (N-methyl/N-ethyl adjacent to an activating group) is 1. The number of rotatable bonds is 47. The number of unbranched alkanes of at least 4 members (excludes halogenated alkanes) is 15. The quantitative estimate of drug-likeness (QED) is 0.0195. The molecule has 0 rings (SSSR count). The Bertz CT molecular complexity index is 1520. The van der Waals surface area contributed by atoms with Crippen molar-refractivity contribution in [2.45, 2.75) is 200 Å². The minimum Gasteiger partial charge on any atom is -0.756 e. The molecule has 0 amide bonds. The Kier molecular flexibility index (Phi) is 46.3. The van der Waals surface area contributed by atoms with E-state index in [1.807, 2.05) is 21.1 Å². The van der Waals surface area contributed by atoms with Gasteiger partial charge in [-0.3, -0.25) is 14.2 Å². The first kappa shape index (κ1) is 64.7. The number of quaternary nitrogens is 1. The fourth-order valence-electron chi connectivity index (χ4n) is 6.66. The highest BCUT2D eigenvalue weighted by molar-refractivity contribution is 7.45. The third-order valence-electron chi connectivity index (χ3n) is 10.8. The van der Waals surface area contributed by atoms with Crippen LogP contribution in [-0.4, -0.2) is 70.0 Å². The van der Waals surface area contributed by atoms with Gasteiger partial charge in [-0.1, -0.05) is 187 Å². The van der Waals surface area contributed by atoms with Crippen molar-refractivity contribution < 1.29 is 42.1 Å². The lowest BCUT2D eigenvalue weighted by Crippen LogP contribution is -2.37. The van der Waals surface area contributed by atoms with Crippen LogP contribution in [0.15, 0.2) is 109 Å². The molecule has 0 radical (unpaired) electrons. The molecule has 0 aliphatic carbocycles. The molecule has 0 aliphatic rings. The van der Waals surface area contributed by atoms with Crippen molar-refractivity contribution in [2.24, 2.45) is 0 Å². The van der Waals surface area contributed by atoms with E-state index < -0.39 is 32.5 Å². The highest BCUT2D eigenvalue weighted by Crippen LogP contribution is 2.38. The fraction of sp³-hybridized carbons (Fsp3) is 0.655. The highest BCUT2D eigenvalue weighted by atomic mass is 31.2. The second kappa shape index (κ2) is 48.7. The van der Waals surface area contributed by atoms with Gasteiger partial charge in [-0.25, -0.2) is 0 Å². The van der Waals surface area contributed by atoms with E-state index in [1.54, 1.807) is 0 Å². The van der Waals surface area contributed by atoms with Gasteiger partial charge in [-0.2, -0.15) is 0 Å². The molecule has 2 unspecified atom stereocenters. The number of phosphoric acid groups is 1. The lowest BCUT2D eigenvalue weighted by Gasteiger charge is -2.28. The number of hydrogen-bond donors (Lipinski definition) is 0. The summed E-state index contributed by atoms with van der Waals surface area (Å²) in [5.41, 5.74) is 0. The third-order valence-corrected chi connectivity index (χ3v) is 11.7. The SMILES string of the molecule is CC/C=C\C/C=C\C/C=C\C/C=C\C/C=C\C/C=C\C/C=C\CCCCCC(=O)OC(COC(=O)CCCCCCCCCCC/C=C\C/C=C\CCCCC)COP(=O)([O-])OCC[N+](C)(C)C. The molecule has 0 fully saturated rings. The van der Waals surface area contributed by atoms with Crippen molar-refractivity contribution in [1.29, 1.82) is 0 Å². The maximum Gasteiger partial charge on any atom is 0.306 e. The Morgan fingerprint density at radius 3 is 1.26 bits per heavy atom. The summed E-state index contributed by atoms with van der Waals surface area (Å²) in [5, 5.41) is 0. The Morgan fingerprint density at radius 2 is 0.838 bits per heavy atom. The van der Waals surface area contributed by atoms with Gasteiger partial charge >= 0.3 is 11.9 Å². The van der Waals surface area contributed by atoms with Crippen molar-refractivity contribution in [3.05, 3.63) is 109 Å². The topological polar surface area (TPSA) is 111 Å². The minimum atomic E-state index is -4.65. The summed E-state index contributed by atoms with van der Waals surface area (Å²) in [6.07, 6.45) is 66.9. The molecule has 0 aromatic carbocycles. The molecule has 0 aliphatic heterocycles. The van der Waals surface area contributed by atoms with Gasteiger partial charge in [0.05, 0.1) is 27.7 Å². The Balaban J connectivity index is 4.35. The van der Waals surface area contributed by atoms with Gasteiger partial charge in [-0.15, -0.1) is 0 Å². The average molecular weight is 968 g/mol. The van der Waals surface area contributed by atoms with Crippen LogP contribution in [0.5, 0.6) is 0 Å². The average Bonchev–Trinajstić information content (AvgIpc) is 3.30. The van der Waals surface area contributed by atoms with E-state index in [2.05, 4.69) is 123 Å². The fourth-order valence-corrected chi connectivity index (χ4v) is 7.39. The van der Waals surface area contributed by atoms with Crippen LogP contribution in [0.2, 0.25) is 0 Å². The Hall–Kier alpha value is -3.33. The molecule has 388 valence electrons. The predicted octanol–water partition coefficient (Wildman–Crippen LogP) is 15.6. The van der Waals surface area contributed by atoms with Crippen LogP contribution in [0.3, 0.4) is 0 Å². The number of nitrogens with zero attached hydrogens (tertiary/aromatic N) is 1. The second-order valence-electron chi connectivity index (χ2n) is 18.5. The zero-order chi connectivity index (χ0) is 49.9. The van der Waals surface area contributed by atoms with Crippen LogP contribution >= 0.6 is 7.82 Å². The number of esters is 2. The molecule has 9 nitrogen and oxygen atoms in total. The van der Waals surface area contributed by atoms with E-state index in [4.69, 9.17) is 18.5 Å². The maximum absolute atomic E-state index is 12.8. The van der Waals surface area contributed by atoms with Crippen molar-refractivity contribution in [3.63, 3.8) is 0 Å². The van der Waals surface area contributed by atoms with Crippen LogP contribution in [0.4, 0.5) is 0 Å². The summed E-state index contributed by atoms with van der Waals surface area (Å²) in [5.74, 6) is -0.885. The largest absolute Gasteiger partial charge is 0.756 e. The monoisotopic (exact) mass is 968 g/mol. The van der Waals surface area contributed by atoms with Gasteiger partial charge in [0.25, 0.3) is 7.82 Å². The van der Waals surface area contributed by atoms with Crippen LogP contribution in [0.25, 0.3) is 0 Å². The van der Waals surface area contributed by atoms with Crippen molar-refractivity contribution in [3.8, 4) is 0 Å². The zero-order valence-electron chi connectivity index (χ0n) is 43.8. The lowest BCUT2D eigenvalue weighted by molar-refractivity contribution is -0.870. The van der Waals surface area contributed by atoms with Gasteiger partial charge in [0.1, 0.15) is 19.8 Å². The number of ether oxygens (including phenoxy) is 2. The van der Waals surface area contributed by atoms with Crippen LogP contribution in [0, 0.1) is 0 Å². The molecule has 2 atom stereocenters. The number of phosphoric ester groups is 1. The molecule has 0 bridgehead atoms. The predicted molar refractivity (Wildman–Crippen MR) is 286 cm³/mol. The van der Waals surface area contributed by atoms with Crippen LogP contribution < -0.4 is 4.89 Å². The van der Waals surface area contributed by atoms with E-state index in [9.17, 15) is 19.0 Å². The molecule has 0 aromatic rings. The van der Waals surface area contributed by atoms with Crippen molar-refractivity contribution in [2.75, 3.05) is 47.5 Å². The summed E-state index contributed by atoms with van der Waals surface area (Å²) < 4.78 is 34.0. The molecule has 0 spiro atoms. The van der Waals surface area contributed by atoms with Crippen molar-refractivity contribution >= 4 is 19.8 Å². The van der Waals surface area contributed by atoms with Gasteiger partial charge in [0.15, 0.2) is 6.10 Å². The van der Waals surface area contributed by atoms with E-state index in [0.717, 1.165) is 96.3 Å². The standard InChI is InChI=1S/C58H98NO8P/c1-6-8-10-12-14-16-18-20-22-24-26-27-28-29-30-31-33-35-37-39-41-43-45-47-49-51-58(61)67-56(55-66-68(62,63)65-53-52-59(3,4)5)54-64-57(60)50-48-46-44-42-40-38-36-34-32-25-23-21-19-17-15-13-11-9-7-2/h8,10,14-17,20-23,26-27,29-30,33,35,39,41,56H,6-7,9,11-13,18-19,24-25,28,31-32,34,36-38,40,42-55H2,1-5H3/b10-8-,16-14-,17-15-,22-20-,23-21-,27-26-,30-29-,35-33-,41-39-. The number of hydrogen-bond acceptors (Lipinski definition) is 8. The smallest absolute Gasteiger partial charge is 0.306 e. The maximum atomic E-state index is 12.8. The summed E-state index contributed by atoms with van der Waals surface area (Å²) >= 11 is 0. The molecule has 0 N–H and O–H groups in total. The summed E-state index contributed by atoms with van der Waals surface area (Å²) in [6.45, 7) is 4.04. The molecule has 0 saturated heterocycles. The van der Waals surface area contributed by atoms with Crippen LogP contribution in [0.1, 0.15) is 194 Å². The first-order chi connectivity index (χ1) is 33.0. The summed E-state index contributed by atoms with van der Waals surface area (Å²) in [6, 6.07) is 0. The Labute approximate surface area is 416 Å². The second-order valence-corrected chi connectivity index (χ2v) is 19.9. The van der Waals surface area contributed by atoms with Gasteiger partial charge < -0.3 is 27.9 Å². The molecular formula is C58H98NO8P. The van der Waals surface area contributed by atoms with E-state index >= 15 is 0 Å². The van der Waals surface area contributed by atoms with Gasteiger partial charge in [-0.05, 0) is 103 Å². The number of allylic oxidation sites excluding steroid dienone is 18. The summed E-state index contributed by atoms with van der Waals surface area (Å²) in [4.78, 5) is 37.8. The van der Waals surface area contributed by atoms with E-state index in [1.165, 1.54) is 57.8 Å². The van der Waals surface area contributed by atoms with E-state index in [0.29, 0.717) is 23.9 Å².